The van der Waals surface area contributed by atoms with E-state index in [1.54, 1.807) is 19.1 Å². The zero-order chi connectivity index (χ0) is 52.2. The third-order valence-corrected chi connectivity index (χ3v) is 14.3. The summed E-state index contributed by atoms with van der Waals surface area (Å²) >= 11 is 0. The topological polar surface area (TPSA) is 158 Å². The Balaban J connectivity index is 0.998. The van der Waals surface area contributed by atoms with Crippen molar-refractivity contribution in [2.75, 3.05) is 14.7 Å². The van der Waals surface area contributed by atoms with Crippen LogP contribution >= 0.6 is 0 Å². The quantitative estimate of drug-likeness (QED) is 0.128. The highest BCUT2D eigenvalue weighted by molar-refractivity contribution is 6.38. The maximum absolute atomic E-state index is 15.3. The number of nitrogens with one attached hydrogen (secondary N) is 1. The van der Waals surface area contributed by atoms with Gasteiger partial charge in [0.15, 0.2) is 0 Å². The fourth-order valence-electron chi connectivity index (χ4n) is 10.8. The number of carbonyl (C=O) groups is 8. The number of carbonyl (C=O) groups excluding carboxylic acids is 8. The number of hydrogen-bond acceptors (Lipinski definition) is 8. The molecule has 0 radical (unpaired) electrons. The summed E-state index contributed by atoms with van der Waals surface area (Å²) in [5, 5.41) is 1.83. The van der Waals surface area contributed by atoms with Gasteiger partial charge in [0.25, 0.3) is 47.3 Å². The molecule has 18 heteroatoms. The average molecular weight is 983 g/mol. The van der Waals surface area contributed by atoms with Crippen molar-refractivity contribution in [2.45, 2.75) is 66.2 Å². The van der Waals surface area contributed by atoms with Crippen molar-refractivity contribution in [1.29, 1.82) is 0 Å². The first-order valence-corrected chi connectivity index (χ1v) is 22.1. The number of amides is 8. The first-order chi connectivity index (χ1) is 33.7. The maximum Gasteiger partial charge on any atom is 0.411 e. The van der Waals surface area contributed by atoms with Gasteiger partial charge in [0.05, 0.1) is 61.6 Å². The summed E-state index contributed by atoms with van der Waals surface area (Å²) in [6.07, 6.45) is -12.3. The lowest BCUT2D eigenvalue weighted by molar-refractivity contribution is -0.288. The highest BCUT2D eigenvalue weighted by Crippen LogP contribution is 2.57. The predicted molar refractivity (Wildman–Crippen MR) is 249 cm³/mol. The van der Waals surface area contributed by atoms with Crippen LogP contribution in [-0.2, 0) is 5.41 Å². The SMILES string of the molecule is Cc1cc(C)c(N2C(=O)c3ccc(-c4ccc5c(c4)C(=O)N(c4c(C)cc(C)c(N6C(=O)c7ccc(C(c8ccc9c(c8)C(=O)NC9=O)(C(F)(F)F)C(F)(F)F)cc7C6=O)c4C)C5=O)cc3C2=O)c(C)c1C. The van der Waals surface area contributed by atoms with E-state index < -0.39 is 98.4 Å². The number of hydrogen-bond donors (Lipinski definition) is 1. The van der Waals surface area contributed by atoms with Crippen molar-refractivity contribution >= 4 is 64.3 Å². The largest absolute Gasteiger partial charge is 0.411 e. The van der Waals surface area contributed by atoms with Crippen LogP contribution in [0.5, 0.6) is 0 Å². The molecular weight excluding hydrogens is 947 g/mol. The van der Waals surface area contributed by atoms with Gasteiger partial charge >= 0.3 is 12.4 Å². The second-order valence-corrected chi connectivity index (χ2v) is 18.3. The van der Waals surface area contributed by atoms with E-state index >= 15 is 26.3 Å². The highest BCUT2D eigenvalue weighted by atomic mass is 19.4. The van der Waals surface area contributed by atoms with Crippen molar-refractivity contribution < 1.29 is 64.7 Å². The Labute approximate surface area is 404 Å². The zero-order valence-electron chi connectivity index (χ0n) is 39.0. The van der Waals surface area contributed by atoms with Crippen molar-refractivity contribution in [3.63, 3.8) is 0 Å². The Kier molecular flexibility index (Phi) is 10.1. The van der Waals surface area contributed by atoms with Gasteiger partial charge in [-0.3, -0.25) is 43.7 Å². The first-order valence-electron chi connectivity index (χ1n) is 22.1. The molecule has 6 aromatic carbocycles. The van der Waals surface area contributed by atoms with Gasteiger partial charge in [0.1, 0.15) is 0 Å². The molecule has 0 bridgehead atoms. The van der Waals surface area contributed by atoms with Gasteiger partial charge in [-0.25, -0.2) is 14.7 Å². The summed E-state index contributed by atoms with van der Waals surface area (Å²) in [6, 6.07) is 15.3. The molecule has 4 heterocycles. The molecule has 72 heavy (non-hydrogen) atoms. The lowest BCUT2D eigenvalue weighted by Gasteiger charge is -2.38. The van der Waals surface area contributed by atoms with E-state index in [2.05, 4.69) is 0 Å². The fraction of sp³-hybridized carbons (Fsp3) is 0.185. The number of nitrogens with zero attached hydrogens (tertiary/aromatic N) is 3. The third-order valence-electron chi connectivity index (χ3n) is 14.3. The summed E-state index contributed by atoms with van der Waals surface area (Å²) in [6.45, 7) is 12.0. The van der Waals surface area contributed by atoms with E-state index in [0.717, 1.165) is 32.1 Å². The summed E-state index contributed by atoms with van der Waals surface area (Å²) in [5.41, 5.74) is -5.01. The summed E-state index contributed by atoms with van der Waals surface area (Å²) in [7, 11) is 0. The summed E-state index contributed by atoms with van der Waals surface area (Å²) in [4.78, 5) is 112. The summed E-state index contributed by atoms with van der Waals surface area (Å²) in [5.74, 6) is -7.30. The van der Waals surface area contributed by atoms with Crippen molar-refractivity contribution in [2.24, 2.45) is 0 Å². The van der Waals surface area contributed by atoms with Gasteiger partial charge in [-0.15, -0.1) is 0 Å². The van der Waals surface area contributed by atoms with E-state index in [1.165, 1.54) is 44.2 Å². The molecule has 1 N–H and O–H groups in total. The van der Waals surface area contributed by atoms with Crippen LogP contribution in [0.3, 0.4) is 0 Å². The normalized spacial score (nSPS) is 15.5. The minimum absolute atomic E-state index is 0.0171. The van der Waals surface area contributed by atoms with Crippen molar-refractivity contribution in [1.82, 2.24) is 5.32 Å². The molecule has 8 amide bonds. The van der Waals surface area contributed by atoms with Gasteiger partial charge in [0.2, 0.25) is 5.41 Å². The lowest BCUT2D eigenvalue weighted by atomic mass is 9.71. The number of benzene rings is 6. The number of aryl methyl sites for hydroxylation is 4. The molecule has 0 unspecified atom stereocenters. The van der Waals surface area contributed by atoms with Gasteiger partial charge in [-0.1, -0.05) is 36.4 Å². The molecule has 0 fully saturated rings. The molecule has 0 atom stereocenters. The van der Waals surface area contributed by atoms with Crippen molar-refractivity contribution in [3.8, 4) is 11.1 Å². The number of rotatable bonds is 6. The molecule has 0 aromatic heterocycles. The number of halogens is 6. The molecule has 4 aliphatic heterocycles. The fourth-order valence-corrected chi connectivity index (χ4v) is 10.8. The molecule has 0 spiro atoms. The van der Waals surface area contributed by atoms with Crippen LogP contribution < -0.4 is 20.0 Å². The predicted octanol–water partition coefficient (Wildman–Crippen LogP) is 10.2. The van der Waals surface area contributed by atoms with Crippen LogP contribution in [0.2, 0.25) is 0 Å². The van der Waals surface area contributed by atoms with E-state index in [0.29, 0.717) is 63.7 Å². The number of imide groups is 4. The van der Waals surface area contributed by atoms with Crippen LogP contribution in [0.15, 0.2) is 84.9 Å². The van der Waals surface area contributed by atoms with Gasteiger partial charge in [0, 0.05) is 0 Å². The number of alkyl halides is 6. The number of fused-ring (bicyclic) bond motifs is 4. The van der Waals surface area contributed by atoms with Crippen LogP contribution in [0.4, 0.5) is 43.4 Å². The van der Waals surface area contributed by atoms with Crippen LogP contribution in [0.25, 0.3) is 11.1 Å². The second kappa shape index (κ2) is 15.5. The Morgan fingerprint density at radius 3 is 1.11 bits per heavy atom. The van der Waals surface area contributed by atoms with Gasteiger partial charge in [-0.2, -0.15) is 26.3 Å². The number of anilines is 3. The lowest BCUT2D eigenvalue weighted by Crippen LogP contribution is -2.55. The van der Waals surface area contributed by atoms with E-state index in [9.17, 15) is 38.4 Å². The Morgan fingerprint density at radius 1 is 0.347 bits per heavy atom. The van der Waals surface area contributed by atoms with Gasteiger partial charge < -0.3 is 0 Å². The van der Waals surface area contributed by atoms with Gasteiger partial charge in [-0.05, 0) is 158 Å². The standard InChI is InChI=1S/C54H36F6N4O8/c1-22-16-23(2)41(27(6)26(22)5)62-46(67)34-12-8-29(18-38(34)49(62)70)30-9-13-35-39(19-30)50(71)63(47(35)68)42-24(3)17-25(4)43(28(42)7)64-48(69)36-15-11-32(21-40(36)51(64)72)52(53(55,56)57,54(58,59)60)31-10-14-33-37(20-31)45(66)61-44(33)65/h8-21H,1-7H3,(H,61,65,66). The maximum atomic E-state index is 15.3. The van der Waals surface area contributed by atoms with E-state index in [-0.39, 0.29) is 44.8 Å². The molecule has 12 nitrogen and oxygen atoms in total. The smallest absolute Gasteiger partial charge is 0.288 e. The second-order valence-electron chi connectivity index (χ2n) is 18.3. The first kappa shape index (κ1) is 47.2. The Bertz CT molecular complexity index is 3630. The minimum Gasteiger partial charge on any atom is -0.288 e. The molecular formula is C54H36F6N4O8. The Morgan fingerprint density at radius 2 is 0.681 bits per heavy atom. The molecule has 4 aliphatic rings. The van der Waals surface area contributed by atoms with Crippen LogP contribution in [0, 0.1) is 48.5 Å². The average Bonchev–Trinajstić information content (AvgIpc) is 3.92. The molecule has 0 saturated heterocycles. The third kappa shape index (κ3) is 6.26. The van der Waals surface area contributed by atoms with Crippen LogP contribution in [-0.4, -0.2) is 59.6 Å². The molecule has 10 rings (SSSR count). The summed E-state index contributed by atoms with van der Waals surface area (Å²) < 4.78 is 91.7. The highest BCUT2D eigenvalue weighted by Gasteiger charge is 2.73. The van der Waals surface area contributed by atoms with Crippen LogP contribution in [0.1, 0.15) is 133 Å². The zero-order valence-corrected chi connectivity index (χ0v) is 39.0. The van der Waals surface area contributed by atoms with E-state index in [4.69, 9.17) is 0 Å². The minimum atomic E-state index is -6.17. The molecule has 6 aromatic rings. The molecule has 362 valence electrons. The Hall–Kier alpha value is -8.54. The van der Waals surface area contributed by atoms with Crippen molar-refractivity contribution in [3.05, 3.63) is 180 Å². The molecule has 0 saturated carbocycles. The van der Waals surface area contributed by atoms with E-state index in [1.807, 2.05) is 39.1 Å². The molecule has 0 aliphatic carbocycles. The monoisotopic (exact) mass is 982 g/mol.